The van der Waals surface area contributed by atoms with Gasteiger partial charge in [-0.3, -0.25) is 14.2 Å². The first kappa shape index (κ1) is 19.0. The van der Waals surface area contributed by atoms with Crippen molar-refractivity contribution in [1.82, 2.24) is 14.9 Å². The summed E-state index contributed by atoms with van der Waals surface area (Å²) in [5.41, 5.74) is 1.20. The Bertz CT molecular complexity index is 917. The third-order valence-electron chi connectivity index (χ3n) is 5.13. The van der Waals surface area contributed by atoms with Gasteiger partial charge in [0.25, 0.3) is 5.56 Å². The molecule has 146 valence electrons. The minimum Gasteiger partial charge on any atom is -0.383 e. The van der Waals surface area contributed by atoms with Crippen molar-refractivity contribution < 1.29 is 9.53 Å². The first-order valence-electron chi connectivity index (χ1n) is 9.59. The molecule has 0 aromatic carbocycles. The smallest absolute Gasteiger partial charge is 0.263 e. The van der Waals surface area contributed by atoms with Crippen LogP contribution in [-0.4, -0.2) is 40.5 Å². The number of amides is 1. The largest absolute Gasteiger partial charge is 0.383 e. The van der Waals surface area contributed by atoms with Crippen LogP contribution in [-0.2, 0) is 28.9 Å². The average molecular weight is 408 g/mol. The molecule has 2 aromatic rings. The number of hydrogen-bond acceptors (Lipinski definition) is 6. The standard InChI is InChI=1S/C19H25N3O3S2/c1-11(16(23)20-12-7-8-12)26-19-21-17-15(18(24)22(19)9-10-25-2)13-5-3-4-6-14(13)27-17/h11-12H,3-10H2,1-2H3,(H,20,23). The van der Waals surface area contributed by atoms with E-state index in [1.165, 1.54) is 28.6 Å². The quantitative estimate of drug-likeness (QED) is 0.564. The summed E-state index contributed by atoms with van der Waals surface area (Å²) in [4.78, 5) is 32.6. The second-order valence-corrected chi connectivity index (χ2v) is 9.67. The number of nitrogens with zero attached hydrogens (tertiary/aromatic N) is 2. The van der Waals surface area contributed by atoms with Crippen LogP contribution in [0.2, 0.25) is 0 Å². The lowest BCUT2D eigenvalue weighted by atomic mass is 9.97. The van der Waals surface area contributed by atoms with E-state index < -0.39 is 0 Å². The SMILES string of the molecule is COCCn1c(SC(C)C(=O)NC2CC2)nc2sc3c(c2c1=O)CCCC3. The fourth-order valence-corrected chi connectivity index (χ4v) is 5.69. The second kappa shape index (κ2) is 7.93. The molecule has 0 bridgehead atoms. The number of nitrogens with one attached hydrogen (secondary N) is 1. The van der Waals surface area contributed by atoms with Crippen molar-refractivity contribution in [2.75, 3.05) is 13.7 Å². The molecule has 8 heteroatoms. The van der Waals surface area contributed by atoms with E-state index in [0.29, 0.717) is 24.3 Å². The van der Waals surface area contributed by atoms with E-state index in [9.17, 15) is 9.59 Å². The van der Waals surface area contributed by atoms with Crippen LogP contribution in [0.4, 0.5) is 0 Å². The van der Waals surface area contributed by atoms with E-state index in [0.717, 1.165) is 42.3 Å². The molecule has 1 saturated carbocycles. The van der Waals surface area contributed by atoms with Gasteiger partial charge in [-0.05, 0) is 51.0 Å². The maximum Gasteiger partial charge on any atom is 0.263 e. The van der Waals surface area contributed by atoms with Gasteiger partial charge in [0.05, 0.1) is 23.8 Å². The van der Waals surface area contributed by atoms with E-state index in [4.69, 9.17) is 9.72 Å². The zero-order valence-corrected chi connectivity index (χ0v) is 17.4. The van der Waals surface area contributed by atoms with Crippen molar-refractivity contribution in [1.29, 1.82) is 0 Å². The lowest BCUT2D eigenvalue weighted by Gasteiger charge is -2.16. The summed E-state index contributed by atoms with van der Waals surface area (Å²) < 4.78 is 6.90. The number of hydrogen-bond donors (Lipinski definition) is 1. The molecule has 6 nitrogen and oxygen atoms in total. The Balaban J connectivity index is 1.71. The Morgan fingerprint density at radius 3 is 2.93 bits per heavy atom. The molecule has 1 unspecified atom stereocenters. The Morgan fingerprint density at radius 1 is 1.41 bits per heavy atom. The number of thioether (sulfide) groups is 1. The molecular formula is C19H25N3O3S2. The molecule has 0 saturated heterocycles. The van der Waals surface area contributed by atoms with Crippen molar-refractivity contribution >= 4 is 39.2 Å². The molecule has 1 N–H and O–H groups in total. The summed E-state index contributed by atoms with van der Waals surface area (Å²) >= 11 is 3.01. The summed E-state index contributed by atoms with van der Waals surface area (Å²) in [6, 6.07) is 0.329. The van der Waals surface area contributed by atoms with Crippen LogP contribution < -0.4 is 10.9 Å². The molecule has 2 aromatic heterocycles. The van der Waals surface area contributed by atoms with Crippen molar-refractivity contribution in [3.05, 3.63) is 20.8 Å². The van der Waals surface area contributed by atoms with E-state index in [1.54, 1.807) is 23.0 Å². The third kappa shape index (κ3) is 3.93. The lowest BCUT2D eigenvalue weighted by molar-refractivity contribution is -0.120. The highest BCUT2D eigenvalue weighted by molar-refractivity contribution is 8.00. The summed E-state index contributed by atoms with van der Waals surface area (Å²) in [5.74, 6) is 0.0145. The molecule has 1 amide bonds. The topological polar surface area (TPSA) is 73.2 Å². The van der Waals surface area contributed by atoms with Crippen LogP contribution in [0.5, 0.6) is 0 Å². The number of ether oxygens (including phenoxy) is 1. The number of thiophene rings is 1. The van der Waals surface area contributed by atoms with Gasteiger partial charge in [0, 0.05) is 18.0 Å². The van der Waals surface area contributed by atoms with Gasteiger partial charge in [0.2, 0.25) is 5.91 Å². The Morgan fingerprint density at radius 2 is 2.19 bits per heavy atom. The van der Waals surface area contributed by atoms with Crippen LogP contribution >= 0.6 is 23.1 Å². The maximum absolute atomic E-state index is 13.3. The number of carbonyl (C=O) groups excluding carboxylic acids is 1. The molecular weight excluding hydrogens is 382 g/mol. The lowest BCUT2D eigenvalue weighted by Crippen LogP contribution is -2.33. The van der Waals surface area contributed by atoms with Crippen molar-refractivity contribution in [2.45, 2.75) is 68.4 Å². The highest BCUT2D eigenvalue weighted by atomic mass is 32.2. The summed E-state index contributed by atoms with van der Waals surface area (Å²) in [6.07, 6.45) is 6.43. The van der Waals surface area contributed by atoms with E-state index in [2.05, 4.69) is 5.32 Å². The van der Waals surface area contributed by atoms with Gasteiger partial charge < -0.3 is 10.1 Å². The van der Waals surface area contributed by atoms with Crippen LogP contribution in [0.15, 0.2) is 9.95 Å². The zero-order valence-electron chi connectivity index (χ0n) is 15.7. The number of fused-ring (bicyclic) bond motifs is 3. The molecule has 4 rings (SSSR count). The van der Waals surface area contributed by atoms with Crippen molar-refractivity contribution in [3.63, 3.8) is 0 Å². The molecule has 0 radical (unpaired) electrons. The monoisotopic (exact) mass is 407 g/mol. The third-order valence-corrected chi connectivity index (χ3v) is 7.41. The average Bonchev–Trinajstić information content (AvgIpc) is 3.38. The molecule has 27 heavy (non-hydrogen) atoms. The number of carbonyl (C=O) groups is 1. The number of methoxy groups -OCH3 is 1. The van der Waals surface area contributed by atoms with Gasteiger partial charge in [-0.15, -0.1) is 11.3 Å². The summed E-state index contributed by atoms with van der Waals surface area (Å²) in [6.45, 7) is 2.76. The fraction of sp³-hybridized carbons (Fsp3) is 0.632. The van der Waals surface area contributed by atoms with Gasteiger partial charge in [-0.2, -0.15) is 0 Å². The minimum atomic E-state index is -0.293. The number of aryl methyl sites for hydroxylation is 2. The first-order chi connectivity index (χ1) is 13.1. The molecule has 0 aliphatic heterocycles. The normalized spacial score (nSPS) is 17.7. The van der Waals surface area contributed by atoms with Gasteiger partial charge >= 0.3 is 0 Å². The van der Waals surface area contributed by atoms with Gasteiger partial charge in [0.15, 0.2) is 5.16 Å². The molecule has 1 atom stereocenters. The number of rotatable bonds is 7. The Hall–Kier alpha value is -1.38. The first-order valence-corrected chi connectivity index (χ1v) is 11.3. The zero-order chi connectivity index (χ0) is 19.0. The van der Waals surface area contributed by atoms with Crippen LogP contribution in [0.3, 0.4) is 0 Å². The summed E-state index contributed by atoms with van der Waals surface area (Å²) in [7, 11) is 1.63. The summed E-state index contributed by atoms with van der Waals surface area (Å²) in [5, 5.41) is 4.13. The molecule has 1 fully saturated rings. The predicted octanol–water partition coefficient (Wildman–Crippen LogP) is 2.74. The predicted molar refractivity (Wildman–Crippen MR) is 109 cm³/mol. The van der Waals surface area contributed by atoms with E-state index in [-0.39, 0.29) is 16.7 Å². The molecule has 2 aliphatic carbocycles. The maximum atomic E-state index is 13.3. The molecule has 2 heterocycles. The van der Waals surface area contributed by atoms with E-state index >= 15 is 0 Å². The second-order valence-electron chi connectivity index (χ2n) is 7.28. The molecule has 2 aliphatic rings. The highest BCUT2D eigenvalue weighted by Crippen LogP contribution is 2.35. The fourth-order valence-electron chi connectivity index (χ4n) is 3.45. The van der Waals surface area contributed by atoms with E-state index in [1.807, 2.05) is 6.92 Å². The van der Waals surface area contributed by atoms with Crippen molar-refractivity contribution in [3.8, 4) is 0 Å². The molecule has 0 spiro atoms. The Labute approximate surface area is 166 Å². The van der Waals surface area contributed by atoms with Gasteiger partial charge in [-0.25, -0.2) is 4.98 Å². The highest BCUT2D eigenvalue weighted by Gasteiger charge is 2.28. The van der Waals surface area contributed by atoms with Crippen LogP contribution in [0.25, 0.3) is 10.2 Å². The van der Waals surface area contributed by atoms with Crippen molar-refractivity contribution in [2.24, 2.45) is 0 Å². The number of aromatic nitrogens is 2. The minimum absolute atomic E-state index is 0.00810. The van der Waals surface area contributed by atoms with Crippen LogP contribution in [0.1, 0.15) is 43.0 Å². The van der Waals surface area contributed by atoms with Crippen LogP contribution in [0, 0.1) is 0 Å². The van der Waals surface area contributed by atoms with Gasteiger partial charge in [-0.1, -0.05) is 11.8 Å². The van der Waals surface area contributed by atoms with Gasteiger partial charge in [0.1, 0.15) is 4.83 Å². The Kier molecular flexibility index (Phi) is 5.57.